The van der Waals surface area contributed by atoms with Crippen molar-refractivity contribution in [1.29, 1.82) is 0 Å². The van der Waals surface area contributed by atoms with E-state index < -0.39 is 23.9 Å². The molecule has 4 N–H and O–H groups in total. The molecule has 112 valence electrons. The summed E-state index contributed by atoms with van der Waals surface area (Å²) in [5, 5.41) is 15.7. The lowest BCUT2D eigenvalue weighted by molar-refractivity contribution is -0.140. The first kappa shape index (κ1) is 16.3. The van der Waals surface area contributed by atoms with Gasteiger partial charge in [-0.15, -0.1) is 0 Å². The highest BCUT2D eigenvalue weighted by molar-refractivity contribution is 7.99. The van der Waals surface area contributed by atoms with Gasteiger partial charge in [-0.2, -0.15) is 11.8 Å². The fraction of sp³-hybridized carbons (Fsp3) is 0.636. The predicted molar refractivity (Wildman–Crippen MR) is 72.3 cm³/mol. The molecule has 9 heteroatoms. The van der Waals surface area contributed by atoms with Crippen molar-refractivity contribution in [1.82, 2.24) is 16.0 Å². The molecule has 1 aliphatic carbocycles. The van der Waals surface area contributed by atoms with Crippen LogP contribution < -0.4 is 16.0 Å². The Labute approximate surface area is 120 Å². The van der Waals surface area contributed by atoms with Gasteiger partial charge in [-0.25, -0.2) is 9.59 Å². The molecule has 4 amide bonds. The van der Waals surface area contributed by atoms with Crippen LogP contribution in [0.5, 0.6) is 0 Å². The lowest BCUT2D eigenvalue weighted by atomic mass is 10.2. The molecule has 20 heavy (non-hydrogen) atoms. The van der Waals surface area contributed by atoms with Crippen molar-refractivity contribution >= 4 is 36.1 Å². The van der Waals surface area contributed by atoms with Gasteiger partial charge < -0.3 is 15.7 Å². The molecule has 1 aliphatic rings. The van der Waals surface area contributed by atoms with Gasteiger partial charge in [0.2, 0.25) is 12.3 Å². The van der Waals surface area contributed by atoms with Gasteiger partial charge in [0, 0.05) is 6.04 Å². The molecule has 0 heterocycles. The van der Waals surface area contributed by atoms with E-state index in [1.165, 1.54) is 11.8 Å². The van der Waals surface area contributed by atoms with E-state index in [2.05, 4.69) is 16.0 Å². The van der Waals surface area contributed by atoms with Crippen LogP contribution in [0.25, 0.3) is 0 Å². The molecule has 0 saturated heterocycles. The number of carboxylic acids is 1. The fourth-order valence-corrected chi connectivity index (χ4v) is 2.14. The second kappa shape index (κ2) is 8.41. The maximum atomic E-state index is 11.4. The van der Waals surface area contributed by atoms with Gasteiger partial charge in [0.25, 0.3) is 0 Å². The van der Waals surface area contributed by atoms with Crippen molar-refractivity contribution < 1.29 is 24.3 Å². The minimum atomic E-state index is -1.12. The Kier molecular flexibility index (Phi) is 6.85. The van der Waals surface area contributed by atoms with E-state index in [1.54, 1.807) is 0 Å². The summed E-state index contributed by atoms with van der Waals surface area (Å²) in [6.45, 7) is 0. The van der Waals surface area contributed by atoms with Gasteiger partial charge in [-0.3, -0.25) is 14.9 Å². The summed E-state index contributed by atoms with van der Waals surface area (Å²) in [7, 11) is 0. The third-order valence-electron chi connectivity index (χ3n) is 2.52. The zero-order valence-corrected chi connectivity index (χ0v) is 11.6. The second-order valence-electron chi connectivity index (χ2n) is 4.31. The molecular weight excluding hydrogens is 286 g/mol. The topological polar surface area (TPSA) is 125 Å². The van der Waals surface area contributed by atoms with Gasteiger partial charge in [0.15, 0.2) is 0 Å². The molecule has 0 radical (unpaired) electrons. The average molecular weight is 303 g/mol. The molecule has 0 bridgehead atoms. The number of urea groups is 1. The molecule has 0 aliphatic heterocycles. The summed E-state index contributed by atoms with van der Waals surface area (Å²) in [5.74, 6) is -1.10. The summed E-state index contributed by atoms with van der Waals surface area (Å²) < 4.78 is 0. The van der Waals surface area contributed by atoms with Gasteiger partial charge in [-0.1, -0.05) is 0 Å². The van der Waals surface area contributed by atoms with Crippen molar-refractivity contribution in [3.05, 3.63) is 0 Å². The Bertz CT molecular complexity index is 386. The van der Waals surface area contributed by atoms with Crippen LogP contribution in [0, 0.1) is 0 Å². The van der Waals surface area contributed by atoms with E-state index in [0.29, 0.717) is 12.2 Å². The summed E-state index contributed by atoms with van der Waals surface area (Å²) in [6, 6.07) is -1.27. The number of thioether (sulfide) groups is 1. The molecule has 1 fully saturated rings. The lowest BCUT2D eigenvalue weighted by Gasteiger charge is -2.10. The molecule has 1 rings (SSSR count). The number of hydrogen-bond donors (Lipinski definition) is 4. The smallest absolute Gasteiger partial charge is 0.326 e. The van der Waals surface area contributed by atoms with Crippen LogP contribution in [0.15, 0.2) is 0 Å². The number of imide groups is 1. The lowest BCUT2D eigenvalue weighted by Crippen LogP contribution is -2.41. The SMILES string of the molecule is O=CNC(CCSCC(=O)NC(=O)NC1CC1)C(=O)O. The summed E-state index contributed by atoms with van der Waals surface area (Å²) >= 11 is 1.20. The fourth-order valence-electron chi connectivity index (χ4n) is 1.34. The molecule has 8 nitrogen and oxygen atoms in total. The Morgan fingerprint density at radius 3 is 2.60 bits per heavy atom. The number of carboxylic acid groups (broad SMARTS) is 1. The Morgan fingerprint density at radius 1 is 1.35 bits per heavy atom. The van der Waals surface area contributed by atoms with Crippen LogP contribution in [0.3, 0.4) is 0 Å². The number of hydrogen-bond acceptors (Lipinski definition) is 5. The summed E-state index contributed by atoms with van der Waals surface area (Å²) in [4.78, 5) is 43.5. The number of rotatable bonds is 9. The zero-order valence-electron chi connectivity index (χ0n) is 10.8. The first-order chi connectivity index (χ1) is 9.52. The summed E-state index contributed by atoms with van der Waals surface area (Å²) in [6.07, 6.45) is 2.42. The standard InChI is InChI=1S/C11H17N3O5S/c15-6-12-8(10(17)18)3-4-20-5-9(16)14-11(19)13-7-1-2-7/h6-8H,1-5H2,(H,12,15)(H,17,18)(H2,13,14,16,19). The number of nitrogens with one attached hydrogen (secondary N) is 3. The Balaban J connectivity index is 2.09. The maximum Gasteiger partial charge on any atom is 0.326 e. The van der Waals surface area contributed by atoms with Gasteiger partial charge in [-0.05, 0) is 25.0 Å². The number of aliphatic carboxylic acids is 1. The second-order valence-corrected chi connectivity index (χ2v) is 5.42. The minimum Gasteiger partial charge on any atom is -0.480 e. The van der Waals surface area contributed by atoms with E-state index in [-0.39, 0.29) is 18.2 Å². The third-order valence-corrected chi connectivity index (χ3v) is 3.51. The van der Waals surface area contributed by atoms with E-state index in [4.69, 9.17) is 5.11 Å². The van der Waals surface area contributed by atoms with Crippen molar-refractivity contribution in [2.75, 3.05) is 11.5 Å². The van der Waals surface area contributed by atoms with E-state index in [0.717, 1.165) is 12.8 Å². The highest BCUT2D eigenvalue weighted by Gasteiger charge is 2.23. The Hall–Kier alpha value is -1.77. The largest absolute Gasteiger partial charge is 0.480 e. The molecule has 0 aromatic heterocycles. The van der Waals surface area contributed by atoms with Crippen molar-refractivity contribution in [2.24, 2.45) is 0 Å². The number of amides is 4. The van der Waals surface area contributed by atoms with Crippen LogP contribution in [-0.2, 0) is 14.4 Å². The van der Waals surface area contributed by atoms with E-state index in [9.17, 15) is 19.2 Å². The molecule has 0 aromatic carbocycles. The van der Waals surface area contributed by atoms with Crippen LogP contribution >= 0.6 is 11.8 Å². The normalized spacial score (nSPS) is 15.0. The minimum absolute atomic E-state index is 0.0610. The van der Waals surface area contributed by atoms with Crippen LogP contribution in [0.1, 0.15) is 19.3 Å². The molecule has 0 aromatic rings. The summed E-state index contributed by atoms with van der Waals surface area (Å²) in [5.41, 5.74) is 0. The van der Waals surface area contributed by atoms with Crippen LogP contribution in [-0.4, -0.2) is 53.0 Å². The van der Waals surface area contributed by atoms with E-state index >= 15 is 0 Å². The Morgan fingerprint density at radius 2 is 2.05 bits per heavy atom. The first-order valence-electron chi connectivity index (χ1n) is 6.13. The molecule has 1 saturated carbocycles. The van der Waals surface area contributed by atoms with Crippen molar-refractivity contribution in [3.63, 3.8) is 0 Å². The average Bonchev–Trinajstić information content (AvgIpc) is 3.16. The number of carbonyl (C=O) groups is 4. The predicted octanol–water partition coefficient (Wildman–Crippen LogP) is -0.703. The van der Waals surface area contributed by atoms with Crippen molar-refractivity contribution in [2.45, 2.75) is 31.3 Å². The molecular formula is C11H17N3O5S. The van der Waals surface area contributed by atoms with Crippen molar-refractivity contribution in [3.8, 4) is 0 Å². The van der Waals surface area contributed by atoms with Gasteiger partial charge in [0.1, 0.15) is 6.04 Å². The highest BCUT2D eigenvalue weighted by Crippen LogP contribution is 2.18. The molecule has 1 unspecified atom stereocenters. The maximum absolute atomic E-state index is 11.4. The van der Waals surface area contributed by atoms with Gasteiger partial charge in [0.05, 0.1) is 5.75 Å². The number of carbonyl (C=O) groups excluding carboxylic acids is 3. The monoisotopic (exact) mass is 303 g/mol. The molecule has 1 atom stereocenters. The highest BCUT2D eigenvalue weighted by atomic mass is 32.2. The van der Waals surface area contributed by atoms with Crippen LogP contribution in [0.4, 0.5) is 4.79 Å². The molecule has 0 spiro atoms. The zero-order chi connectivity index (χ0) is 15.0. The third kappa shape index (κ3) is 6.98. The van der Waals surface area contributed by atoms with Crippen LogP contribution in [0.2, 0.25) is 0 Å². The first-order valence-corrected chi connectivity index (χ1v) is 7.29. The quantitative estimate of drug-likeness (QED) is 0.330. The van der Waals surface area contributed by atoms with E-state index in [1.807, 2.05) is 0 Å². The van der Waals surface area contributed by atoms with Gasteiger partial charge >= 0.3 is 12.0 Å².